The lowest BCUT2D eigenvalue weighted by atomic mass is 10.0. The van der Waals surface area contributed by atoms with Crippen LogP contribution < -0.4 is 5.32 Å². The summed E-state index contributed by atoms with van der Waals surface area (Å²) in [5.41, 5.74) is 3.49. The number of amides is 1. The maximum absolute atomic E-state index is 11.3. The summed E-state index contributed by atoms with van der Waals surface area (Å²) in [6.45, 7) is 1.49. The molecule has 162 valence electrons. The van der Waals surface area contributed by atoms with Gasteiger partial charge in [0.05, 0.1) is 18.8 Å². The van der Waals surface area contributed by atoms with Crippen molar-refractivity contribution in [2.45, 2.75) is 43.6 Å². The van der Waals surface area contributed by atoms with Gasteiger partial charge in [-0.2, -0.15) is 5.10 Å². The quantitative estimate of drug-likeness (QED) is 0.482. The molecule has 1 aromatic heterocycles. The maximum atomic E-state index is 11.3. The van der Waals surface area contributed by atoms with E-state index in [-0.39, 0.29) is 24.7 Å². The standard InChI is InChI=1S/C22H24N4O4S/c1-14(28)25-18-8-6-17(7-9-18)21-29-19(12-31-22-23-13-24-26-22)10-20(30-21)16-4-2-15(11-27)3-5-16/h2-9,13,19-21,27H,10-12H2,1H3,(H,25,28)(H,23,24,26). The molecule has 3 N–H and O–H groups in total. The van der Waals surface area contributed by atoms with Gasteiger partial charge in [0.2, 0.25) is 5.91 Å². The van der Waals surface area contributed by atoms with Crippen LogP contribution in [0, 0.1) is 0 Å². The van der Waals surface area contributed by atoms with Gasteiger partial charge in [0, 0.05) is 30.3 Å². The minimum Gasteiger partial charge on any atom is -0.392 e. The van der Waals surface area contributed by atoms with Crippen LogP contribution in [0.15, 0.2) is 60.0 Å². The second-order valence-electron chi connectivity index (χ2n) is 7.25. The lowest BCUT2D eigenvalue weighted by molar-refractivity contribution is -0.245. The molecule has 0 saturated carbocycles. The summed E-state index contributed by atoms with van der Waals surface area (Å²) in [5, 5.41) is 19.6. The highest BCUT2D eigenvalue weighted by molar-refractivity contribution is 7.99. The molecule has 1 saturated heterocycles. The molecule has 0 aliphatic carbocycles. The first kappa shape index (κ1) is 21.5. The third-order valence-electron chi connectivity index (χ3n) is 4.92. The molecule has 0 radical (unpaired) electrons. The number of nitrogens with one attached hydrogen (secondary N) is 2. The van der Waals surface area contributed by atoms with Gasteiger partial charge >= 0.3 is 0 Å². The van der Waals surface area contributed by atoms with Crippen molar-refractivity contribution in [3.05, 3.63) is 71.5 Å². The smallest absolute Gasteiger partial charge is 0.221 e. The first-order chi connectivity index (χ1) is 15.1. The van der Waals surface area contributed by atoms with Crippen LogP contribution in [0.2, 0.25) is 0 Å². The number of thioether (sulfide) groups is 1. The Labute approximate surface area is 184 Å². The molecule has 1 fully saturated rings. The van der Waals surface area contributed by atoms with Crippen LogP contribution in [0.25, 0.3) is 0 Å². The number of aliphatic hydroxyl groups excluding tert-OH is 1. The van der Waals surface area contributed by atoms with Crippen LogP contribution in [-0.4, -0.2) is 38.1 Å². The van der Waals surface area contributed by atoms with E-state index in [9.17, 15) is 9.90 Å². The largest absolute Gasteiger partial charge is 0.392 e. The summed E-state index contributed by atoms with van der Waals surface area (Å²) >= 11 is 1.55. The molecule has 4 rings (SSSR count). The van der Waals surface area contributed by atoms with Gasteiger partial charge in [0.15, 0.2) is 11.4 Å². The van der Waals surface area contributed by atoms with Gasteiger partial charge in [-0.05, 0) is 23.3 Å². The van der Waals surface area contributed by atoms with Crippen LogP contribution in [0.1, 0.15) is 42.4 Å². The Bertz CT molecular complexity index is 980. The predicted octanol–water partition coefficient (Wildman–Crippen LogP) is 3.59. The van der Waals surface area contributed by atoms with E-state index in [0.29, 0.717) is 12.2 Å². The fourth-order valence-electron chi connectivity index (χ4n) is 3.39. The molecule has 8 nitrogen and oxygen atoms in total. The lowest BCUT2D eigenvalue weighted by Gasteiger charge is -2.36. The molecular weight excluding hydrogens is 416 g/mol. The van der Waals surface area contributed by atoms with E-state index in [0.717, 1.165) is 27.5 Å². The Morgan fingerprint density at radius 3 is 2.55 bits per heavy atom. The number of carbonyl (C=O) groups is 1. The van der Waals surface area contributed by atoms with Gasteiger partial charge in [-0.3, -0.25) is 9.89 Å². The van der Waals surface area contributed by atoms with E-state index in [2.05, 4.69) is 20.5 Å². The van der Waals surface area contributed by atoms with E-state index in [1.165, 1.54) is 13.3 Å². The predicted molar refractivity (Wildman–Crippen MR) is 116 cm³/mol. The van der Waals surface area contributed by atoms with Crippen molar-refractivity contribution in [1.82, 2.24) is 15.2 Å². The average molecular weight is 441 g/mol. The number of aromatic nitrogens is 3. The Morgan fingerprint density at radius 2 is 1.90 bits per heavy atom. The number of rotatable bonds is 7. The maximum Gasteiger partial charge on any atom is 0.221 e. The Morgan fingerprint density at radius 1 is 1.16 bits per heavy atom. The van der Waals surface area contributed by atoms with Crippen LogP contribution in [0.5, 0.6) is 0 Å². The molecule has 2 aromatic carbocycles. The van der Waals surface area contributed by atoms with E-state index in [4.69, 9.17) is 9.47 Å². The van der Waals surface area contributed by atoms with E-state index < -0.39 is 6.29 Å². The van der Waals surface area contributed by atoms with E-state index >= 15 is 0 Å². The first-order valence-electron chi connectivity index (χ1n) is 9.97. The summed E-state index contributed by atoms with van der Waals surface area (Å²) in [5.74, 6) is 0.582. The Kier molecular flexibility index (Phi) is 6.98. The van der Waals surface area contributed by atoms with Gasteiger partial charge in [-0.25, -0.2) is 4.98 Å². The number of hydrogen-bond donors (Lipinski definition) is 3. The van der Waals surface area contributed by atoms with E-state index in [1.807, 2.05) is 48.5 Å². The second-order valence-corrected chi connectivity index (χ2v) is 8.26. The van der Waals surface area contributed by atoms with Gasteiger partial charge < -0.3 is 19.9 Å². The highest BCUT2D eigenvalue weighted by Crippen LogP contribution is 2.39. The topological polar surface area (TPSA) is 109 Å². The van der Waals surface area contributed by atoms with Crippen LogP contribution in [0.3, 0.4) is 0 Å². The van der Waals surface area contributed by atoms with Crippen molar-refractivity contribution in [2.24, 2.45) is 0 Å². The Hall–Kier alpha value is -2.72. The number of nitrogens with zero attached hydrogens (tertiary/aromatic N) is 2. The summed E-state index contributed by atoms with van der Waals surface area (Å²) in [7, 11) is 0. The molecule has 1 aliphatic rings. The monoisotopic (exact) mass is 440 g/mol. The molecule has 3 aromatic rings. The van der Waals surface area contributed by atoms with Crippen molar-refractivity contribution < 1.29 is 19.4 Å². The third kappa shape index (κ3) is 5.71. The van der Waals surface area contributed by atoms with Crippen molar-refractivity contribution >= 4 is 23.4 Å². The number of anilines is 1. The number of aromatic amines is 1. The summed E-state index contributed by atoms with van der Waals surface area (Å²) < 4.78 is 12.6. The van der Waals surface area contributed by atoms with Gasteiger partial charge in [0.1, 0.15) is 6.33 Å². The number of hydrogen-bond acceptors (Lipinski definition) is 7. The Balaban J connectivity index is 1.52. The SMILES string of the molecule is CC(=O)Nc1ccc(C2OC(CSc3ncn[nH]3)CC(c3ccc(CO)cc3)O2)cc1. The van der Waals surface area contributed by atoms with Crippen molar-refractivity contribution in [2.75, 3.05) is 11.1 Å². The number of H-pyrrole nitrogens is 1. The average Bonchev–Trinajstić information content (AvgIpc) is 3.31. The zero-order valence-electron chi connectivity index (χ0n) is 17.0. The van der Waals surface area contributed by atoms with E-state index in [1.54, 1.807) is 11.8 Å². The molecule has 1 aliphatic heterocycles. The van der Waals surface area contributed by atoms with Crippen LogP contribution in [-0.2, 0) is 20.9 Å². The molecule has 3 atom stereocenters. The zero-order chi connectivity index (χ0) is 21.6. The molecule has 3 unspecified atom stereocenters. The molecule has 0 spiro atoms. The fraction of sp³-hybridized carbons (Fsp3) is 0.318. The minimum absolute atomic E-state index is 0.00857. The van der Waals surface area contributed by atoms with Gasteiger partial charge in [-0.15, -0.1) is 0 Å². The van der Waals surface area contributed by atoms with Gasteiger partial charge in [-0.1, -0.05) is 48.2 Å². The van der Waals surface area contributed by atoms with Gasteiger partial charge in [0.25, 0.3) is 0 Å². The zero-order valence-corrected chi connectivity index (χ0v) is 17.8. The summed E-state index contributed by atoms with van der Waals surface area (Å²) in [4.78, 5) is 15.4. The summed E-state index contributed by atoms with van der Waals surface area (Å²) in [6, 6.07) is 15.2. The molecule has 31 heavy (non-hydrogen) atoms. The molecule has 0 bridgehead atoms. The molecular formula is C22H24N4O4S. The lowest BCUT2D eigenvalue weighted by Crippen LogP contribution is -2.31. The van der Waals surface area contributed by atoms with Crippen LogP contribution in [0.4, 0.5) is 5.69 Å². The van der Waals surface area contributed by atoms with Crippen molar-refractivity contribution in [1.29, 1.82) is 0 Å². The minimum atomic E-state index is -0.539. The fourth-order valence-corrected chi connectivity index (χ4v) is 4.18. The van der Waals surface area contributed by atoms with Crippen molar-refractivity contribution in [3.63, 3.8) is 0 Å². The third-order valence-corrected chi connectivity index (χ3v) is 5.93. The van der Waals surface area contributed by atoms with Crippen molar-refractivity contribution in [3.8, 4) is 0 Å². The van der Waals surface area contributed by atoms with Crippen LogP contribution >= 0.6 is 11.8 Å². The number of ether oxygens (including phenoxy) is 2. The molecule has 2 heterocycles. The second kappa shape index (κ2) is 10.1. The first-order valence-corrected chi connectivity index (χ1v) is 11.0. The molecule has 9 heteroatoms. The normalized spacial score (nSPS) is 21.0. The highest BCUT2D eigenvalue weighted by Gasteiger charge is 2.32. The highest BCUT2D eigenvalue weighted by atomic mass is 32.2. The molecule has 1 amide bonds. The number of aliphatic hydroxyl groups is 1. The number of benzene rings is 2. The number of carbonyl (C=O) groups excluding carboxylic acids is 1. The summed E-state index contributed by atoms with van der Waals surface area (Å²) in [6.07, 6.45) is 1.43.